The zero-order valence-electron chi connectivity index (χ0n) is 8.02. The van der Waals surface area contributed by atoms with Crippen molar-refractivity contribution in [2.45, 2.75) is 20.0 Å². The van der Waals surface area contributed by atoms with Gasteiger partial charge in [-0.05, 0) is 0 Å². The van der Waals surface area contributed by atoms with Crippen molar-refractivity contribution in [1.29, 1.82) is 0 Å². The van der Waals surface area contributed by atoms with E-state index in [0.717, 1.165) is 6.42 Å². The van der Waals surface area contributed by atoms with Crippen molar-refractivity contribution in [3.8, 4) is 0 Å². The third-order valence-electron chi connectivity index (χ3n) is 1.24. The van der Waals surface area contributed by atoms with E-state index in [4.69, 9.17) is 1.37 Å². The zero-order valence-corrected chi connectivity index (χ0v) is 10.3. The van der Waals surface area contributed by atoms with Crippen molar-refractivity contribution in [3.63, 3.8) is 0 Å². The van der Waals surface area contributed by atoms with Crippen LogP contribution >= 0.6 is 0 Å². The Morgan fingerprint density at radius 2 is 2.00 bits per heavy atom. The second kappa shape index (κ2) is 5.60. The number of nitrogens with zero attached hydrogens (tertiary/aromatic N) is 1. The molecule has 0 aromatic rings. The SMILES string of the molecule is [2H]C(C[CH2][In]([CH3])[CH3])N(C)C. The Hall–Kier alpha value is 0.830. The van der Waals surface area contributed by atoms with Crippen molar-refractivity contribution in [2.75, 3.05) is 20.6 Å². The fraction of sp³-hybridized carbons (Fsp3) is 1.00. The van der Waals surface area contributed by atoms with E-state index in [9.17, 15) is 0 Å². The average Bonchev–Trinajstić information content (AvgIpc) is 1.82. The topological polar surface area (TPSA) is 3.24 Å². The molecule has 54 valence electrons. The van der Waals surface area contributed by atoms with Crippen LogP contribution < -0.4 is 0 Å². The zero-order chi connectivity index (χ0) is 8.15. The predicted octanol–water partition coefficient (Wildman–Crippen LogP) is 1.69. The summed E-state index contributed by atoms with van der Waals surface area (Å²) in [5, 5.41) is 0. The Kier molecular flexibility index (Phi) is 4.94. The molecule has 0 aromatic heterocycles. The standard InChI is InChI=1S/C5H12N.2CH3.In/c1-4-5-6(2)3;;;/h1,4-5H2,2-3H3;2*1H3;/i5D;;;. The van der Waals surface area contributed by atoms with Crippen molar-refractivity contribution in [2.24, 2.45) is 0 Å². The van der Waals surface area contributed by atoms with Crippen LogP contribution in [0.3, 0.4) is 0 Å². The molecule has 1 unspecified atom stereocenters. The maximum absolute atomic E-state index is 7.58. The first-order chi connectivity index (χ1) is 4.54. The minimum absolute atomic E-state index is 0.0408. The molecule has 0 saturated heterocycles. The van der Waals surface area contributed by atoms with E-state index in [1.54, 1.807) is 0 Å². The van der Waals surface area contributed by atoms with E-state index in [1.807, 2.05) is 19.0 Å². The summed E-state index contributed by atoms with van der Waals surface area (Å²) in [5.74, 6) is 0. The number of hydrogen-bond donors (Lipinski definition) is 0. The van der Waals surface area contributed by atoms with Gasteiger partial charge in [-0.25, -0.2) is 0 Å². The summed E-state index contributed by atoms with van der Waals surface area (Å²) in [6.07, 6.45) is 1.08. The van der Waals surface area contributed by atoms with Crippen LogP contribution in [-0.4, -0.2) is 47.0 Å². The molecule has 0 spiro atoms. The quantitative estimate of drug-likeness (QED) is 0.712. The number of rotatable bonds is 4. The predicted molar refractivity (Wildman–Crippen MR) is 45.5 cm³/mol. The van der Waals surface area contributed by atoms with E-state index in [-0.39, 0.29) is 6.52 Å². The summed E-state index contributed by atoms with van der Waals surface area (Å²) in [6.45, 7) is 0.0408. The Morgan fingerprint density at radius 1 is 1.44 bits per heavy atom. The van der Waals surface area contributed by atoms with Gasteiger partial charge in [0.1, 0.15) is 0 Å². The van der Waals surface area contributed by atoms with Gasteiger partial charge in [0.05, 0.1) is 0 Å². The van der Waals surface area contributed by atoms with E-state index in [1.165, 1.54) is 4.18 Å². The third kappa shape index (κ3) is 8.83. The third-order valence-corrected chi connectivity index (χ3v) is 5.49. The molecule has 0 rings (SSSR count). The normalized spacial score (nSPS) is 15.4. The second-order valence-corrected chi connectivity index (χ2v) is 12.7. The second-order valence-electron chi connectivity index (χ2n) is 3.12. The van der Waals surface area contributed by atoms with Gasteiger partial charge >= 0.3 is 68.3 Å². The van der Waals surface area contributed by atoms with Gasteiger partial charge in [-0.2, -0.15) is 0 Å². The molecule has 0 N–H and O–H groups in total. The van der Waals surface area contributed by atoms with Crippen LogP contribution in [0.15, 0.2) is 0 Å². The molecule has 0 amide bonds. The van der Waals surface area contributed by atoms with Gasteiger partial charge in [-0.15, -0.1) is 0 Å². The summed E-state index contributed by atoms with van der Waals surface area (Å²) in [5.41, 5.74) is 0. The van der Waals surface area contributed by atoms with Crippen LogP contribution in [0.1, 0.15) is 7.79 Å². The fourth-order valence-corrected chi connectivity index (χ4v) is 2.99. The molecule has 0 bridgehead atoms. The van der Waals surface area contributed by atoms with Crippen LogP contribution in [0.2, 0.25) is 13.5 Å². The molecule has 1 nitrogen and oxygen atoms in total. The van der Waals surface area contributed by atoms with E-state index in [0.29, 0.717) is 0 Å². The molecule has 0 aromatic carbocycles. The van der Waals surface area contributed by atoms with Gasteiger partial charge in [-0.3, -0.25) is 0 Å². The molecule has 1 atom stereocenters. The summed E-state index contributed by atoms with van der Waals surface area (Å²) in [6, 6.07) is 0. The van der Waals surface area contributed by atoms with Gasteiger partial charge in [0.2, 0.25) is 0 Å². The molecule has 0 aliphatic heterocycles. The van der Waals surface area contributed by atoms with E-state index in [2.05, 4.69) is 9.36 Å². The molecule has 0 aliphatic carbocycles. The van der Waals surface area contributed by atoms with Crippen LogP contribution in [0, 0.1) is 0 Å². The van der Waals surface area contributed by atoms with Crippen LogP contribution in [0.25, 0.3) is 0 Å². The average molecular weight is 232 g/mol. The van der Waals surface area contributed by atoms with Crippen LogP contribution in [0.4, 0.5) is 0 Å². The summed E-state index contributed by atoms with van der Waals surface area (Å²) in [4.78, 5) is 1.98. The van der Waals surface area contributed by atoms with Gasteiger partial charge in [0, 0.05) is 0 Å². The first-order valence-corrected chi connectivity index (χ1v) is 12.5. The van der Waals surface area contributed by atoms with Gasteiger partial charge < -0.3 is 0 Å². The fourth-order valence-electron chi connectivity index (χ4n) is 0.666. The Bertz CT molecular complexity index is 85.7. The Balaban J connectivity index is 3.30. The van der Waals surface area contributed by atoms with Crippen molar-refractivity contribution >= 4 is 21.4 Å². The van der Waals surface area contributed by atoms with E-state index < -0.39 is 21.4 Å². The van der Waals surface area contributed by atoms with Crippen molar-refractivity contribution in [1.82, 2.24) is 4.90 Å². The van der Waals surface area contributed by atoms with Gasteiger partial charge in [-0.1, -0.05) is 0 Å². The van der Waals surface area contributed by atoms with Gasteiger partial charge in [0.15, 0.2) is 0 Å². The maximum atomic E-state index is 7.58. The molecule has 2 heteroatoms. The summed E-state index contributed by atoms with van der Waals surface area (Å²) in [7, 11) is 3.96. The minimum atomic E-state index is -1.00. The Labute approximate surface area is 68.4 Å². The molecular formula is C7H18InN. The molecule has 9 heavy (non-hydrogen) atoms. The molecular weight excluding hydrogens is 213 g/mol. The van der Waals surface area contributed by atoms with Crippen molar-refractivity contribution < 1.29 is 1.37 Å². The Morgan fingerprint density at radius 3 is 2.33 bits per heavy atom. The van der Waals surface area contributed by atoms with Gasteiger partial charge in [0.25, 0.3) is 0 Å². The molecule has 0 radical (unpaired) electrons. The monoisotopic (exact) mass is 232 g/mol. The molecule has 0 fully saturated rings. The summed E-state index contributed by atoms with van der Waals surface area (Å²) < 4.78 is 13.8. The van der Waals surface area contributed by atoms with Crippen LogP contribution in [-0.2, 0) is 0 Å². The van der Waals surface area contributed by atoms with E-state index >= 15 is 0 Å². The van der Waals surface area contributed by atoms with Crippen LogP contribution in [0.5, 0.6) is 0 Å². The first-order valence-electron chi connectivity index (χ1n) is 4.20. The molecule has 0 saturated carbocycles. The van der Waals surface area contributed by atoms with Crippen molar-refractivity contribution in [3.05, 3.63) is 0 Å². The molecule has 0 aliphatic rings. The number of hydrogen-bond acceptors (Lipinski definition) is 1. The molecule has 0 heterocycles. The first kappa shape index (κ1) is 7.93. The summed E-state index contributed by atoms with van der Waals surface area (Å²) >= 11 is -1.00.